The van der Waals surface area contributed by atoms with E-state index in [4.69, 9.17) is 11.6 Å². The summed E-state index contributed by atoms with van der Waals surface area (Å²) in [7, 11) is 0. The molecule has 1 fully saturated rings. The summed E-state index contributed by atoms with van der Waals surface area (Å²) in [5.41, 5.74) is 4.24. The van der Waals surface area contributed by atoms with Crippen LogP contribution in [0.2, 0.25) is 5.02 Å². The van der Waals surface area contributed by atoms with Crippen molar-refractivity contribution in [2.75, 3.05) is 10.6 Å². The summed E-state index contributed by atoms with van der Waals surface area (Å²) < 4.78 is 0. The van der Waals surface area contributed by atoms with Gasteiger partial charge >= 0.3 is 0 Å². The van der Waals surface area contributed by atoms with Crippen molar-refractivity contribution >= 4 is 40.7 Å². The van der Waals surface area contributed by atoms with E-state index in [2.05, 4.69) is 25.9 Å². The molecule has 1 aromatic heterocycles. The maximum atomic E-state index is 12.5. The van der Waals surface area contributed by atoms with Gasteiger partial charge in [0.1, 0.15) is 0 Å². The zero-order valence-corrected chi connectivity index (χ0v) is 18.8. The summed E-state index contributed by atoms with van der Waals surface area (Å²) in [6.07, 6.45) is 7.57. The Balaban J connectivity index is 1.34. The highest BCUT2D eigenvalue weighted by molar-refractivity contribution is 6.31. The molecule has 1 aliphatic carbocycles. The lowest BCUT2D eigenvalue weighted by molar-refractivity contribution is -0.115. The second-order valence-electron chi connectivity index (χ2n) is 8.49. The molecule has 0 spiro atoms. The molecule has 0 unspecified atom stereocenters. The fraction of sp³-hybridized carbons (Fsp3) is 0.280. The van der Waals surface area contributed by atoms with Crippen LogP contribution in [0.4, 0.5) is 17.3 Å². The number of hydrogen-bond donors (Lipinski definition) is 3. The Kier molecular flexibility index (Phi) is 5.96. The average molecular weight is 462 g/mol. The molecular formula is C25H24ClN5O2. The molecule has 1 saturated carbocycles. The highest BCUT2D eigenvalue weighted by Crippen LogP contribution is 2.34. The van der Waals surface area contributed by atoms with Crippen molar-refractivity contribution in [3.8, 4) is 11.3 Å². The van der Waals surface area contributed by atoms with Gasteiger partial charge in [0.15, 0.2) is 0 Å². The highest BCUT2D eigenvalue weighted by Gasteiger charge is 2.21. The minimum atomic E-state index is -0.135. The number of halogens is 1. The van der Waals surface area contributed by atoms with Crippen molar-refractivity contribution in [3.63, 3.8) is 0 Å². The molecular weight excluding hydrogens is 438 g/mol. The number of rotatable bonds is 4. The lowest BCUT2D eigenvalue weighted by atomic mass is 9.95. The van der Waals surface area contributed by atoms with Crippen molar-refractivity contribution in [1.29, 1.82) is 0 Å². The Bertz CT molecular complexity index is 1210. The normalized spacial score (nSPS) is 15.6. The molecule has 2 amide bonds. The number of carbonyl (C=O) groups is 2. The third kappa shape index (κ3) is 4.83. The summed E-state index contributed by atoms with van der Waals surface area (Å²) >= 11 is 6.11. The molecule has 0 bridgehead atoms. The van der Waals surface area contributed by atoms with Crippen LogP contribution in [0.3, 0.4) is 0 Å². The first-order valence-corrected chi connectivity index (χ1v) is 11.6. The predicted octanol–water partition coefficient (Wildman–Crippen LogP) is 5.10. The van der Waals surface area contributed by atoms with E-state index < -0.39 is 0 Å². The van der Waals surface area contributed by atoms with E-state index in [1.54, 1.807) is 30.5 Å². The molecule has 7 nitrogen and oxygen atoms in total. The lowest BCUT2D eigenvalue weighted by Gasteiger charge is -2.22. The SMILES string of the molecule is O=C1Cc2cnc(Nc3ccc(C(=O)NC4CCCCC4)cc3)nc2-c2ccc(Cl)cc2N1. The first kappa shape index (κ1) is 21.4. The van der Waals surface area contributed by atoms with Crippen LogP contribution in [0.1, 0.15) is 48.0 Å². The van der Waals surface area contributed by atoms with Crippen molar-refractivity contribution < 1.29 is 9.59 Å². The van der Waals surface area contributed by atoms with Gasteiger partial charge in [-0.2, -0.15) is 0 Å². The van der Waals surface area contributed by atoms with Gasteiger partial charge in [-0.1, -0.05) is 30.9 Å². The lowest BCUT2D eigenvalue weighted by Crippen LogP contribution is -2.36. The smallest absolute Gasteiger partial charge is 0.251 e. The van der Waals surface area contributed by atoms with Crippen molar-refractivity contribution in [2.45, 2.75) is 44.6 Å². The Morgan fingerprint density at radius 3 is 2.64 bits per heavy atom. The molecule has 0 atom stereocenters. The number of hydrogen-bond acceptors (Lipinski definition) is 5. The zero-order chi connectivity index (χ0) is 22.8. The largest absolute Gasteiger partial charge is 0.349 e. The molecule has 0 radical (unpaired) electrons. The van der Waals surface area contributed by atoms with Gasteiger partial charge in [0.05, 0.1) is 17.8 Å². The second kappa shape index (κ2) is 9.19. The summed E-state index contributed by atoms with van der Waals surface area (Å²) in [6, 6.07) is 12.9. The Hall–Kier alpha value is -3.45. The molecule has 168 valence electrons. The molecule has 1 aliphatic heterocycles. The maximum absolute atomic E-state index is 12.5. The summed E-state index contributed by atoms with van der Waals surface area (Å²) in [5.74, 6) is 0.231. The van der Waals surface area contributed by atoms with Crippen LogP contribution in [0.25, 0.3) is 11.3 Å². The van der Waals surface area contributed by atoms with E-state index in [1.165, 1.54) is 19.3 Å². The average Bonchev–Trinajstić information content (AvgIpc) is 2.94. The number of anilines is 3. The van der Waals surface area contributed by atoms with E-state index in [0.717, 1.165) is 29.7 Å². The fourth-order valence-corrected chi connectivity index (χ4v) is 4.55. The van der Waals surface area contributed by atoms with Gasteiger partial charge in [-0.3, -0.25) is 9.59 Å². The number of fused-ring (bicyclic) bond motifs is 3. The number of benzene rings is 2. The Morgan fingerprint density at radius 2 is 1.85 bits per heavy atom. The van der Waals surface area contributed by atoms with E-state index in [1.807, 2.05) is 18.2 Å². The van der Waals surface area contributed by atoms with Crippen molar-refractivity contribution in [3.05, 3.63) is 64.8 Å². The predicted molar refractivity (Wildman–Crippen MR) is 129 cm³/mol. The summed E-state index contributed by atoms with van der Waals surface area (Å²) in [4.78, 5) is 33.8. The van der Waals surface area contributed by atoms with Crippen molar-refractivity contribution in [1.82, 2.24) is 15.3 Å². The van der Waals surface area contributed by atoms with Crippen LogP contribution in [-0.2, 0) is 11.2 Å². The van der Waals surface area contributed by atoms with Crippen molar-refractivity contribution in [2.24, 2.45) is 0 Å². The second-order valence-corrected chi connectivity index (χ2v) is 8.93. The van der Waals surface area contributed by atoms with E-state index >= 15 is 0 Å². The first-order chi connectivity index (χ1) is 16.0. The van der Waals surface area contributed by atoms with Gasteiger partial charge in [0.2, 0.25) is 11.9 Å². The third-order valence-corrected chi connectivity index (χ3v) is 6.31. The molecule has 0 saturated heterocycles. The van der Waals surface area contributed by atoms with Crippen LogP contribution < -0.4 is 16.0 Å². The third-order valence-electron chi connectivity index (χ3n) is 6.07. The summed E-state index contributed by atoms with van der Waals surface area (Å²) in [6.45, 7) is 0. The highest BCUT2D eigenvalue weighted by atomic mass is 35.5. The number of carbonyl (C=O) groups excluding carboxylic acids is 2. The van der Waals surface area contributed by atoms with E-state index in [-0.39, 0.29) is 24.3 Å². The molecule has 2 aliphatic rings. The van der Waals surface area contributed by atoms with Gasteiger partial charge in [-0.15, -0.1) is 0 Å². The van der Waals surface area contributed by atoms with Gasteiger partial charge in [0, 0.05) is 39.6 Å². The number of amides is 2. The van der Waals surface area contributed by atoms with Crippen LogP contribution in [0.15, 0.2) is 48.7 Å². The molecule has 3 aromatic rings. The Morgan fingerprint density at radius 1 is 1.06 bits per heavy atom. The minimum absolute atomic E-state index is 0.0397. The molecule has 5 rings (SSSR count). The summed E-state index contributed by atoms with van der Waals surface area (Å²) in [5, 5.41) is 9.74. The Labute approximate surface area is 197 Å². The molecule has 8 heteroatoms. The van der Waals surface area contributed by atoms with Crippen LogP contribution >= 0.6 is 11.6 Å². The van der Waals surface area contributed by atoms with Crippen LogP contribution in [0.5, 0.6) is 0 Å². The van der Waals surface area contributed by atoms with E-state index in [9.17, 15) is 9.59 Å². The number of aromatic nitrogens is 2. The maximum Gasteiger partial charge on any atom is 0.251 e. The van der Waals surface area contributed by atoms with Gasteiger partial charge < -0.3 is 16.0 Å². The number of nitrogens with one attached hydrogen (secondary N) is 3. The van der Waals surface area contributed by atoms with Gasteiger partial charge in [-0.05, 0) is 55.3 Å². The topological polar surface area (TPSA) is 96.0 Å². The quantitative estimate of drug-likeness (QED) is 0.502. The first-order valence-electron chi connectivity index (χ1n) is 11.2. The molecule has 2 aromatic carbocycles. The molecule has 2 heterocycles. The van der Waals surface area contributed by atoms with Gasteiger partial charge in [0.25, 0.3) is 5.91 Å². The van der Waals surface area contributed by atoms with Crippen LogP contribution in [-0.4, -0.2) is 27.8 Å². The fourth-order valence-electron chi connectivity index (χ4n) is 4.37. The van der Waals surface area contributed by atoms with Gasteiger partial charge in [-0.25, -0.2) is 9.97 Å². The minimum Gasteiger partial charge on any atom is -0.349 e. The standard InChI is InChI=1S/C25H24ClN5O2/c26-17-8-11-20-21(13-17)30-22(32)12-16-14-27-25(31-23(16)20)29-19-9-6-15(7-10-19)24(33)28-18-4-2-1-3-5-18/h6-11,13-14,18H,1-5,12H2,(H,28,33)(H,30,32)(H,27,29,31). The molecule has 3 N–H and O–H groups in total. The monoisotopic (exact) mass is 461 g/mol. The molecule has 33 heavy (non-hydrogen) atoms. The number of nitrogens with zero attached hydrogens (tertiary/aromatic N) is 2. The zero-order valence-electron chi connectivity index (χ0n) is 18.0. The van der Waals surface area contributed by atoms with E-state index in [0.29, 0.717) is 27.9 Å². The van der Waals surface area contributed by atoms with Crippen LogP contribution in [0, 0.1) is 0 Å².